The van der Waals surface area contributed by atoms with Crippen molar-refractivity contribution in [3.05, 3.63) is 0 Å². The zero-order valence-electron chi connectivity index (χ0n) is 12.2. The zero-order valence-corrected chi connectivity index (χ0v) is 12.2. The third-order valence-electron chi connectivity index (χ3n) is 4.73. The van der Waals surface area contributed by atoms with Crippen molar-refractivity contribution in [1.29, 1.82) is 0 Å². The molecule has 1 aliphatic rings. The molecule has 1 fully saturated rings. The fraction of sp³-hybridized carbons (Fsp3) is 1.00. The first-order chi connectivity index (χ1) is 8.06. The Hall–Kier alpha value is -0.0400. The van der Waals surface area contributed by atoms with E-state index in [9.17, 15) is 5.11 Å². The van der Waals surface area contributed by atoms with Gasteiger partial charge in [-0.05, 0) is 37.5 Å². The molecule has 0 aromatic rings. The van der Waals surface area contributed by atoms with Gasteiger partial charge < -0.3 is 5.11 Å². The summed E-state index contributed by atoms with van der Waals surface area (Å²) < 4.78 is 0. The summed E-state index contributed by atoms with van der Waals surface area (Å²) >= 11 is 0. The Balaban J connectivity index is 2.06. The average Bonchev–Trinajstić information content (AvgIpc) is 2.74. The van der Waals surface area contributed by atoms with Gasteiger partial charge in [-0.1, -0.05) is 59.3 Å². The number of hydrogen-bond donors (Lipinski definition) is 1. The van der Waals surface area contributed by atoms with Gasteiger partial charge in [0.05, 0.1) is 5.60 Å². The van der Waals surface area contributed by atoms with E-state index in [1.165, 1.54) is 44.9 Å². The van der Waals surface area contributed by atoms with E-state index in [-0.39, 0.29) is 5.60 Å². The lowest BCUT2D eigenvalue weighted by atomic mass is 9.88. The summed E-state index contributed by atoms with van der Waals surface area (Å²) in [7, 11) is 0. The summed E-state index contributed by atoms with van der Waals surface area (Å²) in [5.41, 5.74) is -0.287. The van der Waals surface area contributed by atoms with Gasteiger partial charge in [-0.2, -0.15) is 0 Å². The van der Waals surface area contributed by atoms with Crippen LogP contribution >= 0.6 is 0 Å². The monoisotopic (exact) mass is 240 g/mol. The van der Waals surface area contributed by atoms with Crippen LogP contribution in [0.2, 0.25) is 0 Å². The standard InChI is InChI=1S/C16H32O/c1-4-14(2)8-7-9-15(3)10-13-16(17)11-5-6-12-16/h14-15,17H,4-13H2,1-3H3. The Morgan fingerprint density at radius 3 is 2.18 bits per heavy atom. The van der Waals surface area contributed by atoms with Crippen LogP contribution in [0.25, 0.3) is 0 Å². The molecule has 1 heteroatoms. The van der Waals surface area contributed by atoms with Gasteiger partial charge in [0.1, 0.15) is 0 Å². The third-order valence-corrected chi connectivity index (χ3v) is 4.73. The highest BCUT2D eigenvalue weighted by atomic mass is 16.3. The van der Waals surface area contributed by atoms with Crippen molar-refractivity contribution in [1.82, 2.24) is 0 Å². The molecule has 2 unspecified atom stereocenters. The minimum atomic E-state index is -0.287. The molecule has 17 heavy (non-hydrogen) atoms. The van der Waals surface area contributed by atoms with E-state index < -0.39 is 0 Å². The van der Waals surface area contributed by atoms with Gasteiger partial charge in [0.2, 0.25) is 0 Å². The SMILES string of the molecule is CCC(C)CCCC(C)CCC1(O)CCCC1. The maximum atomic E-state index is 10.3. The molecule has 0 aliphatic heterocycles. The topological polar surface area (TPSA) is 20.2 Å². The molecule has 0 aromatic carbocycles. The third kappa shape index (κ3) is 5.90. The van der Waals surface area contributed by atoms with Gasteiger partial charge in [0, 0.05) is 0 Å². The summed E-state index contributed by atoms with van der Waals surface area (Å²) in [6.45, 7) is 6.99. The van der Waals surface area contributed by atoms with E-state index in [2.05, 4.69) is 20.8 Å². The summed E-state index contributed by atoms with van der Waals surface area (Å²) in [6.07, 6.45) is 12.2. The number of aliphatic hydroxyl groups is 1. The van der Waals surface area contributed by atoms with Crippen molar-refractivity contribution in [2.24, 2.45) is 11.8 Å². The lowest BCUT2D eigenvalue weighted by molar-refractivity contribution is 0.0325. The molecule has 102 valence electrons. The van der Waals surface area contributed by atoms with E-state index >= 15 is 0 Å². The minimum absolute atomic E-state index is 0.287. The lowest BCUT2D eigenvalue weighted by Crippen LogP contribution is -2.24. The predicted molar refractivity (Wildman–Crippen MR) is 75.1 cm³/mol. The van der Waals surface area contributed by atoms with E-state index in [0.717, 1.165) is 31.1 Å². The first kappa shape index (κ1) is 15.0. The van der Waals surface area contributed by atoms with Crippen LogP contribution < -0.4 is 0 Å². The van der Waals surface area contributed by atoms with E-state index in [0.29, 0.717) is 0 Å². The van der Waals surface area contributed by atoms with Crippen LogP contribution in [0.1, 0.15) is 85.0 Å². The molecule has 0 spiro atoms. The Bertz CT molecular complexity index is 194. The van der Waals surface area contributed by atoms with Gasteiger partial charge in [-0.25, -0.2) is 0 Å². The summed E-state index contributed by atoms with van der Waals surface area (Å²) in [5, 5.41) is 10.3. The Morgan fingerprint density at radius 2 is 1.59 bits per heavy atom. The van der Waals surface area contributed by atoms with Crippen LogP contribution in [0.5, 0.6) is 0 Å². The van der Waals surface area contributed by atoms with Crippen LogP contribution in [-0.4, -0.2) is 10.7 Å². The second-order valence-electron chi connectivity index (χ2n) is 6.52. The van der Waals surface area contributed by atoms with Crippen molar-refractivity contribution in [2.75, 3.05) is 0 Å². The highest BCUT2D eigenvalue weighted by Crippen LogP contribution is 2.34. The van der Waals surface area contributed by atoms with Crippen LogP contribution in [0, 0.1) is 11.8 Å². The zero-order chi connectivity index (χ0) is 12.7. The van der Waals surface area contributed by atoms with Gasteiger partial charge >= 0.3 is 0 Å². The molecule has 1 rings (SSSR count). The Morgan fingerprint density at radius 1 is 1.00 bits per heavy atom. The Kier molecular flexibility index (Phi) is 6.54. The van der Waals surface area contributed by atoms with Crippen molar-refractivity contribution in [3.63, 3.8) is 0 Å². The van der Waals surface area contributed by atoms with Crippen LogP contribution in [0.3, 0.4) is 0 Å². The molecule has 0 saturated heterocycles. The minimum Gasteiger partial charge on any atom is -0.390 e. The number of hydrogen-bond acceptors (Lipinski definition) is 1. The van der Waals surface area contributed by atoms with Crippen LogP contribution in [-0.2, 0) is 0 Å². The molecule has 0 bridgehead atoms. The van der Waals surface area contributed by atoms with Crippen LogP contribution in [0.4, 0.5) is 0 Å². The lowest BCUT2D eigenvalue weighted by Gasteiger charge is -2.24. The molecule has 1 N–H and O–H groups in total. The Labute approximate surface area is 108 Å². The normalized spacial score (nSPS) is 22.6. The fourth-order valence-electron chi connectivity index (χ4n) is 2.96. The maximum Gasteiger partial charge on any atom is 0.0648 e. The highest BCUT2D eigenvalue weighted by Gasteiger charge is 2.30. The van der Waals surface area contributed by atoms with E-state index in [1.54, 1.807) is 0 Å². The second-order valence-corrected chi connectivity index (χ2v) is 6.52. The first-order valence-corrected chi connectivity index (χ1v) is 7.78. The molecule has 1 aliphatic carbocycles. The molecule has 2 atom stereocenters. The van der Waals surface area contributed by atoms with Crippen molar-refractivity contribution in [2.45, 2.75) is 90.6 Å². The second kappa shape index (κ2) is 7.41. The van der Waals surface area contributed by atoms with Gasteiger partial charge in [0.15, 0.2) is 0 Å². The van der Waals surface area contributed by atoms with Gasteiger partial charge in [0.25, 0.3) is 0 Å². The van der Waals surface area contributed by atoms with Crippen LogP contribution in [0.15, 0.2) is 0 Å². The smallest absolute Gasteiger partial charge is 0.0648 e. The van der Waals surface area contributed by atoms with Crippen molar-refractivity contribution < 1.29 is 5.11 Å². The average molecular weight is 240 g/mol. The molecular formula is C16H32O. The first-order valence-electron chi connectivity index (χ1n) is 7.78. The number of rotatable bonds is 8. The molecule has 0 amide bonds. The quantitative estimate of drug-likeness (QED) is 0.638. The predicted octanol–water partition coefficient (Wildman–Crippen LogP) is 4.92. The molecule has 0 heterocycles. The molecule has 0 radical (unpaired) electrons. The van der Waals surface area contributed by atoms with Gasteiger partial charge in [-0.3, -0.25) is 0 Å². The summed E-state index contributed by atoms with van der Waals surface area (Å²) in [6, 6.07) is 0. The fourth-order valence-corrected chi connectivity index (χ4v) is 2.96. The molecule has 1 nitrogen and oxygen atoms in total. The highest BCUT2D eigenvalue weighted by molar-refractivity contribution is 4.84. The van der Waals surface area contributed by atoms with Gasteiger partial charge in [-0.15, -0.1) is 0 Å². The molecule has 0 aromatic heterocycles. The van der Waals surface area contributed by atoms with E-state index in [4.69, 9.17) is 0 Å². The maximum absolute atomic E-state index is 10.3. The molecule has 1 saturated carbocycles. The van der Waals surface area contributed by atoms with Crippen molar-refractivity contribution in [3.8, 4) is 0 Å². The largest absolute Gasteiger partial charge is 0.390 e. The summed E-state index contributed by atoms with van der Waals surface area (Å²) in [4.78, 5) is 0. The van der Waals surface area contributed by atoms with Crippen molar-refractivity contribution >= 4 is 0 Å². The molecular weight excluding hydrogens is 208 g/mol. The summed E-state index contributed by atoms with van der Waals surface area (Å²) in [5.74, 6) is 1.69. The van der Waals surface area contributed by atoms with E-state index in [1.807, 2.05) is 0 Å².